The average molecular weight is 299 g/mol. The summed E-state index contributed by atoms with van der Waals surface area (Å²) in [5.74, 6) is -0.115. The predicted octanol–water partition coefficient (Wildman–Crippen LogP) is 3.29. The van der Waals surface area contributed by atoms with E-state index in [1.54, 1.807) is 0 Å². The smallest absolute Gasteiger partial charge is 0.326 e. The molecule has 1 saturated carbocycles. The second-order valence-electron chi connectivity index (χ2n) is 7.23. The molecule has 1 N–H and O–H groups in total. The zero-order valence-corrected chi connectivity index (χ0v) is 14.5. The fraction of sp³-hybridized carbons (Fsp3) is 0.941. The predicted molar refractivity (Wildman–Crippen MR) is 85.3 cm³/mol. The van der Waals surface area contributed by atoms with Crippen molar-refractivity contribution in [3.8, 4) is 0 Å². The molecule has 1 aliphatic carbocycles. The van der Waals surface area contributed by atoms with Gasteiger partial charge < -0.3 is 14.8 Å². The zero-order valence-electron chi connectivity index (χ0n) is 14.5. The first-order valence-electron chi connectivity index (χ1n) is 8.37. The van der Waals surface area contributed by atoms with Crippen LogP contribution in [0.4, 0.5) is 0 Å². The molecule has 124 valence electrons. The maximum absolute atomic E-state index is 12.3. The summed E-state index contributed by atoms with van der Waals surface area (Å²) in [5, 5.41) is 3.36. The first-order valence-corrected chi connectivity index (χ1v) is 8.37. The minimum absolute atomic E-state index is 0.115. The van der Waals surface area contributed by atoms with Crippen molar-refractivity contribution in [1.82, 2.24) is 5.32 Å². The molecular formula is C17H33NO3. The third-order valence-electron chi connectivity index (χ3n) is 4.09. The number of ether oxygens (including phenoxy) is 2. The Balaban J connectivity index is 2.59. The molecule has 0 heterocycles. The van der Waals surface area contributed by atoms with Crippen LogP contribution in [0.5, 0.6) is 0 Å². The first-order chi connectivity index (χ1) is 9.83. The van der Waals surface area contributed by atoms with Gasteiger partial charge in [0.2, 0.25) is 0 Å². The van der Waals surface area contributed by atoms with Gasteiger partial charge in [0.25, 0.3) is 0 Å². The Morgan fingerprint density at radius 2 is 2.05 bits per heavy atom. The van der Waals surface area contributed by atoms with Gasteiger partial charge in [-0.25, -0.2) is 0 Å². The number of esters is 1. The van der Waals surface area contributed by atoms with Crippen molar-refractivity contribution in [2.75, 3.05) is 19.8 Å². The van der Waals surface area contributed by atoms with E-state index in [0.29, 0.717) is 6.61 Å². The zero-order chi connectivity index (χ0) is 15.9. The lowest BCUT2D eigenvalue weighted by molar-refractivity contribution is -0.155. The van der Waals surface area contributed by atoms with Crippen LogP contribution >= 0.6 is 0 Å². The molecule has 1 rings (SSSR count). The fourth-order valence-corrected chi connectivity index (χ4v) is 2.92. The van der Waals surface area contributed by atoms with Gasteiger partial charge in [-0.05, 0) is 44.6 Å². The van der Waals surface area contributed by atoms with Crippen LogP contribution in [0, 0.1) is 5.41 Å². The molecule has 0 spiro atoms. The van der Waals surface area contributed by atoms with Crippen molar-refractivity contribution in [2.24, 2.45) is 5.41 Å². The molecular weight excluding hydrogens is 266 g/mol. The summed E-state index contributed by atoms with van der Waals surface area (Å²) in [6.45, 7) is 12.5. The number of likely N-dealkylation sites (N-methyl/N-ethyl adjacent to an activating group) is 1. The first kappa shape index (κ1) is 18.4. The molecule has 1 fully saturated rings. The Hall–Kier alpha value is -0.610. The molecule has 0 radical (unpaired) electrons. The van der Waals surface area contributed by atoms with Gasteiger partial charge in [0, 0.05) is 13.0 Å². The lowest BCUT2D eigenvalue weighted by Crippen LogP contribution is -2.56. The highest BCUT2D eigenvalue weighted by atomic mass is 16.5. The Bertz CT molecular complexity index is 320. The molecule has 2 atom stereocenters. The van der Waals surface area contributed by atoms with Crippen LogP contribution in [0.1, 0.15) is 66.7 Å². The number of hydrogen-bond donors (Lipinski definition) is 1. The minimum atomic E-state index is -0.546. The van der Waals surface area contributed by atoms with E-state index in [1.165, 1.54) is 0 Å². The molecule has 0 aliphatic heterocycles. The molecule has 0 aromatic rings. The second-order valence-corrected chi connectivity index (χ2v) is 7.23. The summed E-state index contributed by atoms with van der Waals surface area (Å²) < 4.78 is 11.3. The molecule has 0 saturated heterocycles. The Morgan fingerprint density at radius 3 is 2.62 bits per heavy atom. The summed E-state index contributed by atoms with van der Waals surface area (Å²) >= 11 is 0. The van der Waals surface area contributed by atoms with Gasteiger partial charge in [0.05, 0.1) is 12.7 Å². The van der Waals surface area contributed by atoms with Gasteiger partial charge in [0.15, 0.2) is 0 Å². The number of hydrogen-bond acceptors (Lipinski definition) is 4. The van der Waals surface area contributed by atoms with E-state index < -0.39 is 5.54 Å². The summed E-state index contributed by atoms with van der Waals surface area (Å²) in [7, 11) is 0. The molecule has 4 heteroatoms. The summed E-state index contributed by atoms with van der Waals surface area (Å²) in [4.78, 5) is 12.3. The van der Waals surface area contributed by atoms with E-state index in [0.717, 1.165) is 45.3 Å². The Labute approximate surface area is 130 Å². The lowest BCUT2D eigenvalue weighted by Gasteiger charge is -2.39. The van der Waals surface area contributed by atoms with Crippen LogP contribution < -0.4 is 5.32 Å². The monoisotopic (exact) mass is 299 g/mol. The average Bonchev–Trinajstić information content (AvgIpc) is 2.38. The molecule has 0 aromatic heterocycles. The largest absolute Gasteiger partial charge is 0.465 e. The van der Waals surface area contributed by atoms with Crippen LogP contribution in [0.2, 0.25) is 0 Å². The van der Waals surface area contributed by atoms with E-state index in [1.807, 2.05) is 13.8 Å². The maximum Gasteiger partial charge on any atom is 0.326 e. The highest BCUT2D eigenvalue weighted by molar-refractivity contribution is 5.81. The molecule has 0 amide bonds. The number of nitrogens with one attached hydrogen (secondary N) is 1. The normalized spacial score (nSPS) is 26.6. The van der Waals surface area contributed by atoms with Gasteiger partial charge >= 0.3 is 5.97 Å². The fourth-order valence-electron chi connectivity index (χ4n) is 2.92. The second kappa shape index (κ2) is 8.14. The van der Waals surface area contributed by atoms with E-state index in [4.69, 9.17) is 9.47 Å². The van der Waals surface area contributed by atoms with Crippen molar-refractivity contribution >= 4 is 5.97 Å². The van der Waals surface area contributed by atoms with Gasteiger partial charge in [-0.2, -0.15) is 0 Å². The molecule has 0 aromatic carbocycles. The molecule has 2 unspecified atom stereocenters. The Kier molecular flexibility index (Phi) is 7.14. The third-order valence-corrected chi connectivity index (χ3v) is 4.09. The van der Waals surface area contributed by atoms with Crippen LogP contribution in [0.15, 0.2) is 0 Å². The lowest BCUT2D eigenvalue weighted by atomic mass is 9.80. The number of carbonyl (C=O) groups excluding carboxylic acids is 1. The van der Waals surface area contributed by atoms with Crippen LogP contribution in [0.3, 0.4) is 0 Å². The molecule has 0 bridgehead atoms. The van der Waals surface area contributed by atoms with Crippen molar-refractivity contribution < 1.29 is 14.3 Å². The highest BCUT2D eigenvalue weighted by Gasteiger charge is 2.43. The third kappa shape index (κ3) is 5.95. The van der Waals surface area contributed by atoms with Gasteiger partial charge in [0.1, 0.15) is 5.54 Å². The van der Waals surface area contributed by atoms with Crippen molar-refractivity contribution in [1.29, 1.82) is 0 Å². The molecule has 4 nitrogen and oxygen atoms in total. The summed E-state index contributed by atoms with van der Waals surface area (Å²) in [6, 6.07) is 0. The standard InChI is InChI=1S/C17H33NO3/c1-6-18-17(15(19)20-7-2)10-8-9-14(13-17)21-12-11-16(3,4)5/h14,18H,6-13H2,1-5H3. The van der Waals surface area contributed by atoms with E-state index in [-0.39, 0.29) is 17.5 Å². The van der Waals surface area contributed by atoms with Crippen molar-refractivity contribution in [3.05, 3.63) is 0 Å². The molecule has 21 heavy (non-hydrogen) atoms. The minimum Gasteiger partial charge on any atom is -0.465 e. The maximum atomic E-state index is 12.3. The van der Waals surface area contributed by atoms with E-state index >= 15 is 0 Å². The van der Waals surface area contributed by atoms with Crippen LogP contribution in [0.25, 0.3) is 0 Å². The van der Waals surface area contributed by atoms with E-state index in [2.05, 4.69) is 26.1 Å². The van der Waals surface area contributed by atoms with Gasteiger partial charge in [-0.15, -0.1) is 0 Å². The van der Waals surface area contributed by atoms with Crippen molar-refractivity contribution in [3.63, 3.8) is 0 Å². The Morgan fingerprint density at radius 1 is 1.33 bits per heavy atom. The number of carbonyl (C=O) groups is 1. The molecule has 1 aliphatic rings. The SMILES string of the molecule is CCNC1(C(=O)OCC)CCCC(OCCC(C)(C)C)C1. The van der Waals surface area contributed by atoms with Crippen molar-refractivity contribution in [2.45, 2.75) is 78.4 Å². The quantitative estimate of drug-likeness (QED) is 0.733. The summed E-state index contributed by atoms with van der Waals surface area (Å²) in [6.07, 6.45) is 4.81. The topological polar surface area (TPSA) is 47.6 Å². The van der Waals surface area contributed by atoms with Crippen LogP contribution in [-0.4, -0.2) is 37.4 Å². The number of rotatable bonds is 7. The van der Waals surface area contributed by atoms with Gasteiger partial charge in [-0.1, -0.05) is 27.7 Å². The van der Waals surface area contributed by atoms with Gasteiger partial charge in [-0.3, -0.25) is 4.79 Å². The van der Waals surface area contributed by atoms with Crippen LogP contribution in [-0.2, 0) is 14.3 Å². The highest BCUT2D eigenvalue weighted by Crippen LogP contribution is 2.32. The van der Waals surface area contributed by atoms with E-state index in [9.17, 15) is 4.79 Å². The summed E-state index contributed by atoms with van der Waals surface area (Å²) in [5.41, 5.74) is -0.260.